The second-order valence-corrected chi connectivity index (χ2v) is 5.07. The van der Waals surface area contributed by atoms with E-state index in [2.05, 4.69) is 10.4 Å². The van der Waals surface area contributed by atoms with Crippen LogP contribution in [0.15, 0.2) is 24.3 Å². The van der Waals surface area contributed by atoms with Gasteiger partial charge in [-0.05, 0) is 13.0 Å². The molecule has 1 aromatic carbocycles. The van der Waals surface area contributed by atoms with Gasteiger partial charge in [0.1, 0.15) is 17.1 Å². The zero-order chi connectivity index (χ0) is 18.8. The summed E-state index contributed by atoms with van der Waals surface area (Å²) in [6.07, 6.45) is -4.86. The van der Waals surface area contributed by atoms with Gasteiger partial charge in [0, 0.05) is 25.2 Å². The lowest BCUT2D eigenvalue weighted by Gasteiger charge is -2.13. The molecule has 1 aromatic heterocycles. The van der Waals surface area contributed by atoms with Crippen LogP contribution in [0.5, 0.6) is 5.75 Å². The number of aromatic nitrogens is 2. The number of carbonyl (C=O) groups is 1. The van der Waals surface area contributed by atoms with E-state index < -0.39 is 40.6 Å². The predicted octanol–water partition coefficient (Wildman–Crippen LogP) is 2.67. The Balaban J connectivity index is 2.13. The molecule has 0 atom stereocenters. The Labute approximate surface area is 139 Å². The molecule has 2 rings (SSSR count). The van der Waals surface area contributed by atoms with E-state index in [-0.39, 0.29) is 0 Å². The third kappa shape index (κ3) is 4.46. The van der Waals surface area contributed by atoms with Crippen LogP contribution in [0.2, 0.25) is 0 Å². The summed E-state index contributed by atoms with van der Waals surface area (Å²) in [5, 5.41) is 17.1. The average molecular weight is 358 g/mol. The topological polar surface area (TPSA) is 99.3 Å². The van der Waals surface area contributed by atoms with Crippen LogP contribution in [-0.2, 0) is 18.0 Å². The van der Waals surface area contributed by atoms with E-state index >= 15 is 0 Å². The van der Waals surface area contributed by atoms with Crippen molar-refractivity contribution in [3.8, 4) is 5.75 Å². The molecule has 1 amide bonds. The number of rotatable bonds is 5. The van der Waals surface area contributed by atoms with Gasteiger partial charge in [-0.25, -0.2) is 0 Å². The van der Waals surface area contributed by atoms with Gasteiger partial charge in [-0.3, -0.25) is 19.6 Å². The highest BCUT2D eigenvalue weighted by Crippen LogP contribution is 2.38. The van der Waals surface area contributed by atoms with E-state index in [1.165, 1.54) is 4.68 Å². The van der Waals surface area contributed by atoms with E-state index in [1.807, 2.05) is 0 Å². The van der Waals surface area contributed by atoms with Crippen LogP contribution in [0.3, 0.4) is 0 Å². The smallest absolute Gasteiger partial charge is 0.420 e. The van der Waals surface area contributed by atoms with E-state index in [4.69, 9.17) is 4.74 Å². The van der Waals surface area contributed by atoms with Gasteiger partial charge in [0.2, 0.25) is 0 Å². The molecule has 1 heterocycles. The Kier molecular flexibility index (Phi) is 4.95. The number of nitrogens with one attached hydrogen (secondary N) is 1. The van der Waals surface area contributed by atoms with Crippen LogP contribution in [0, 0.1) is 17.0 Å². The Morgan fingerprint density at radius 2 is 2.08 bits per heavy atom. The first-order valence-corrected chi connectivity index (χ1v) is 6.87. The SMILES string of the molecule is Cc1cc(NC(=O)COc2ccc([N+](=O)[O-])cc2C(F)(F)F)n(C)n1. The molecule has 0 aliphatic carbocycles. The number of nitro groups is 1. The van der Waals surface area contributed by atoms with E-state index in [0.29, 0.717) is 17.6 Å². The second kappa shape index (κ2) is 6.79. The normalized spacial score (nSPS) is 11.2. The maximum atomic E-state index is 13.0. The van der Waals surface area contributed by atoms with Crippen LogP contribution in [0.1, 0.15) is 11.3 Å². The van der Waals surface area contributed by atoms with E-state index in [9.17, 15) is 28.1 Å². The van der Waals surface area contributed by atoms with Crippen LogP contribution in [0.25, 0.3) is 0 Å². The molecule has 2 aromatic rings. The predicted molar refractivity (Wildman–Crippen MR) is 80.2 cm³/mol. The molecule has 1 N–H and O–H groups in total. The molecule has 0 bridgehead atoms. The maximum absolute atomic E-state index is 13.0. The zero-order valence-electron chi connectivity index (χ0n) is 13.1. The van der Waals surface area contributed by atoms with Crippen molar-refractivity contribution in [2.45, 2.75) is 13.1 Å². The van der Waals surface area contributed by atoms with Crippen molar-refractivity contribution < 1.29 is 27.6 Å². The lowest BCUT2D eigenvalue weighted by atomic mass is 10.1. The minimum atomic E-state index is -4.86. The molecule has 11 heteroatoms. The lowest BCUT2D eigenvalue weighted by molar-refractivity contribution is -0.385. The van der Waals surface area contributed by atoms with Gasteiger partial charge < -0.3 is 10.1 Å². The molecule has 0 aliphatic rings. The van der Waals surface area contributed by atoms with Gasteiger partial charge in [-0.2, -0.15) is 18.3 Å². The average Bonchev–Trinajstić information content (AvgIpc) is 2.81. The Hall–Kier alpha value is -3.11. The molecule has 0 spiro atoms. The maximum Gasteiger partial charge on any atom is 0.420 e. The van der Waals surface area contributed by atoms with Crippen molar-refractivity contribution in [2.75, 3.05) is 11.9 Å². The summed E-state index contributed by atoms with van der Waals surface area (Å²) >= 11 is 0. The monoisotopic (exact) mass is 358 g/mol. The first-order valence-electron chi connectivity index (χ1n) is 6.87. The molecule has 134 valence electrons. The largest absolute Gasteiger partial charge is 0.483 e. The summed E-state index contributed by atoms with van der Waals surface area (Å²) < 4.78 is 45.3. The van der Waals surface area contributed by atoms with Gasteiger partial charge in [-0.1, -0.05) is 0 Å². The molecular formula is C14H13F3N4O4. The van der Waals surface area contributed by atoms with Crippen LogP contribution < -0.4 is 10.1 Å². The number of carbonyl (C=O) groups excluding carboxylic acids is 1. The number of nitrogens with zero attached hydrogens (tertiary/aromatic N) is 3. The van der Waals surface area contributed by atoms with Crippen LogP contribution in [0.4, 0.5) is 24.7 Å². The third-order valence-electron chi connectivity index (χ3n) is 3.11. The highest BCUT2D eigenvalue weighted by Gasteiger charge is 2.36. The Bertz CT molecular complexity index is 817. The van der Waals surface area contributed by atoms with Gasteiger partial charge in [0.05, 0.1) is 10.6 Å². The summed E-state index contributed by atoms with van der Waals surface area (Å²) in [6, 6.07) is 3.61. The summed E-state index contributed by atoms with van der Waals surface area (Å²) in [6.45, 7) is 1.00. The number of hydrogen-bond donors (Lipinski definition) is 1. The van der Waals surface area contributed by atoms with Crippen molar-refractivity contribution in [2.24, 2.45) is 7.05 Å². The van der Waals surface area contributed by atoms with E-state index in [1.54, 1.807) is 20.0 Å². The number of benzene rings is 1. The molecule has 0 saturated carbocycles. The highest BCUT2D eigenvalue weighted by atomic mass is 19.4. The number of aryl methyl sites for hydroxylation is 2. The van der Waals surface area contributed by atoms with Crippen molar-refractivity contribution >= 4 is 17.4 Å². The molecule has 0 aliphatic heterocycles. The van der Waals surface area contributed by atoms with Gasteiger partial charge in [-0.15, -0.1) is 0 Å². The Morgan fingerprint density at radius 1 is 1.40 bits per heavy atom. The molecule has 25 heavy (non-hydrogen) atoms. The fourth-order valence-corrected chi connectivity index (χ4v) is 2.03. The molecular weight excluding hydrogens is 345 g/mol. The minimum absolute atomic E-state index is 0.353. The molecule has 0 unspecified atom stereocenters. The highest BCUT2D eigenvalue weighted by molar-refractivity contribution is 5.91. The second-order valence-electron chi connectivity index (χ2n) is 5.07. The van der Waals surface area contributed by atoms with Crippen LogP contribution >= 0.6 is 0 Å². The molecule has 0 saturated heterocycles. The third-order valence-corrected chi connectivity index (χ3v) is 3.11. The molecule has 0 fully saturated rings. The van der Waals surface area contributed by atoms with Crippen molar-refractivity contribution in [1.82, 2.24) is 9.78 Å². The standard InChI is InChI=1S/C14H13F3N4O4/c1-8-5-12(20(2)19-8)18-13(22)7-25-11-4-3-9(21(23)24)6-10(11)14(15,16)17/h3-6H,7H2,1-2H3,(H,18,22). The number of ether oxygens (including phenoxy) is 1. The first kappa shape index (κ1) is 18.2. The summed E-state index contributed by atoms with van der Waals surface area (Å²) in [7, 11) is 1.58. The number of nitro benzene ring substituents is 1. The number of halogens is 3. The number of hydrogen-bond acceptors (Lipinski definition) is 5. The molecule has 8 nitrogen and oxygen atoms in total. The fraction of sp³-hybridized carbons (Fsp3) is 0.286. The number of non-ortho nitro benzene ring substituents is 1. The van der Waals surface area contributed by atoms with E-state index in [0.717, 1.165) is 12.1 Å². The number of alkyl halides is 3. The number of amides is 1. The lowest BCUT2D eigenvalue weighted by Crippen LogP contribution is -2.22. The molecule has 0 radical (unpaired) electrons. The summed E-state index contributed by atoms with van der Waals surface area (Å²) in [5.74, 6) is -1.02. The van der Waals surface area contributed by atoms with Crippen molar-refractivity contribution in [1.29, 1.82) is 0 Å². The van der Waals surface area contributed by atoms with Gasteiger partial charge >= 0.3 is 6.18 Å². The van der Waals surface area contributed by atoms with Gasteiger partial charge in [0.15, 0.2) is 6.61 Å². The van der Waals surface area contributed by atoms with Crippen molar-refractivity contribution in [3.05, 3.63) is 45.6 Å². The quantitative estimate of drug-likeness (QED) is 0.654. The van der Waals surface area contributed by atoms with Crippen molar-refractivity contribution in [3.63, 3.8) is 0 Å². The summed E-state index contributed by atoms with van der Waals surface area (Å²) in [4.78, 5) is 21.5. The Morgan fingerprint density at radius 3 is 2.60 bits per heavy atom. The zero-order valence-corrected chi connectivity index (χ0v) is 13.1. The van der Waals surface area contributed by atoms with Gasteiger partial charge in [0.25, 0.3) is 11.6 Å². The van der Waals surface area contributed by atoms with Crippen LogP contribution in [-0.4, -0.2) is 27.2 Å². The minimum Gasteiger partial charge on any atom is -0.483 e. The summed E-state index contributed by atoms with van der Waals surface area (Å²) in [5.41, 5.74) is -1.41. The first-order chi connectivity index (χ1) is 11.6. The fourth-order valence-electron chi connectivity index (χ4n) is 2.03. The number of anilines is 1.